The van der Waals surface area contributed by atoms with Gasteiger partial charge in [0.25, 0.3) is 0 Å². The fraction of sp³-hybridized carbons (Fsp3) is 0.250. The molecule has 0 aliphatic rings. The fourth-order valence-corrected chi connectivity index (χ4v) is 2.71. The van der Waals surface area contributed by atoms with Gasteiger partial charge in [-0.15, -0.1) is 0 Å². The Labute approximate surface area is 214 Å². The number of aromatic nitrogens is 1. The van der Waals surface area contributed by atoms with Crippen molar-refractivity contribution in [3.63, 3.8) is 0 Å². The van der Waals surface area contributed by atoms with Crippen LogP contribution in [0.1, 0.15) is 12.0 Å². The molecule has 0 radical (unpaired) electrons. The number of hydrogen-bond donors (Lipinski definition) is 2. The Hall–Kier alpha value is -1.82. The Morgan fingerprint density at radius 1 is 1.27 bits per heavy atom. The SMILES string of the molecule is COCCC(NC(=O)Nc1ccc(-c2nc3cc(C)ccc3o2)cc1F)C(=O)[O-].[K+]. The first-order valence-electron chi connectivity index (χ1n) is 8.82. The zero-order chi connectivity index (χ0) is 21.0. The number of urea groups is 1. The van der Waals surface area contributed by atoms with E-state index in [4.69, 9.17) is 9.15 Å². The molecule has 2 aromatic carbocycles. The number of ether oxygens (including phenoxy) is 1. The molecular formula is C20H19FKN3O5. The number of fused-ring (bicyclic) bond motifs is 1. The molecule has 0 aliphatic carbocycles. The zero-order valence-corrected chi connectivity index (χ0v) is 19.9. The molecule has 0 fully saturated rings. The number of oxazole rings is 1. The number of nitrogens with zero attached hydrogens (tertiary/aromatic N) is 1. The summed E-state index contributed by atoms with van der Waals surface area (Å²) in [5, 5.41) is 15.5. The van der Waals surface area contributed by atoms with Gasteiger partial charge < -0.3 is 29.7 Å². The average molecular weight is 439 g/mol. The number of benzene rings is 2. The Morgan fingerprint density at radius 2 is 2.03 bits per heavy atom. The minimum atomic E-state index is -1.46. The van der Waals surface area contributed by atoms with Gasteiger partial charge in [-0.05, 0) is 49.2 Å². The maximum atomic E-state index is 14.5. The van der Waals surface area contributed by atoms with Crippen LogP contribution in [0.5, 0.6) is 0 Å². The summed E-state index contributed by atoms with van der Waals surface area (Å²) in [6.07, 6.45) is 0.0187. The predicted molar refractivity (Wildman–Crippen MR) is 102 cm³/mol. The first-order valence-corrected chi connectivity index (χ1v) is 8.82. The molecule has 0 aliphatic heterocycles. The molecule has 0 bridgehead atoms. The van der Waals surface area contributed by atoms with E-state index in [1.807, 2.05) is 19.1 Å². The largest absolute Gasteiger partial charge is 1.00 e. The van der Waals surface area contributed by atoms with Crippen LogP contribution in [0.2, 0.25) is 0 Å². The molecule has 0 spiro atoms. The molecule has 3 rings (SSSR count). The van der Waals surface area contributed by atoms with Gasteiger partial charge in [-0.25, -0.2) is 14.2 Å². The smallest absolute Gasteiger partial charge is 0.548 e. The number of anilines is 1. The Bertz CT molecular complexity index is 1060. The van der Waals surface area contributed by atoms with E-state index in [-0.39, 0.29) is 76.0 Å². The van der Waals surface area contributed by atoms with Crippen molar-refractivity contribution in [1.29, 1.82) is 0 Å². The van der Waals surface area contributed by atoms with Gasteiger partial charge in [0, 0.05) is 19.3 Å². The van der Waals surface area contributed by atoms with E-state index >= 15 is 0 Å². The Kier molecular flexibility index (Phi) is 8.95. The number of methoxy groups -OCH3 is 1. The van der Waals surface area contributed by atoms with E-state index in [1.54, 1.807) is 6.07 Å². The maximum Gasteiger partial charge on any atom is 1.00 e. The minimum Gasteiger partial charge on any atom is -0.548 e. The summed E-state index contributed by atoms with van der Waals surface area (Å²) < 4.78 is 24.9. The number of carboxylic acid groups (broad SMARTS) is 1. The van der Waals surface area contributed by atoms with Crippen LogP contribution in [0.15, 0.2) is 40.8 Å². The molecular weight excluding hydrogens is 420 g/mol. The van der Waals surface area contributed by atoms with Gasteiger partial charge >= 0.3 is 57.4 Å². The molecule has 152 valence electrons. The van der Waals surface area contributed by atoms with Crippen LogP contribution in [0.3, 0.4) is 0 Å². The summed E-state index contributed by atoms with van der Waals surface area (Å²) in [5.41, 5.74) is 2.54. The van der Waals surface area contributed by atoms with Crippen LogP contribution in [0.4, 0.5) is 14.9 Å². The molecule has 0 saturated carbocycles. The molecule has 3 aromatic rings. The van der Waals surface area contributed by atoms with Crippen molar-refractivity contribution >= 4 is 28.8 Å². The van der Waals surface area contributed by atoms with Crippen molar-refractivity contribution < 1.29 is 79.6 Å². The van der Waals surface area contributed by atoms with Crippen molar-refractivity contribution in [3.8, 4) is 11.5 Å². The number of carbonyl (C=O) groups is 2. The summed E-state index contributed by atoms with van der Waals surface area (Å²) in [6.45, 7) is 2.05. The van der Waals surface area contributed by atoms with Gasteiger partial charge in [0.05, 0.1) is 17.7 Å². The van der Waals surface area contributed by atoms with E-state index in [0.29, 0.717) is 16.7 Å². The third kappa shape index (κ3) is 6.09. The van der Waals surface area contributed by atoms with Gasteiger partial charge in [0.15, 0.2) is 5.58 Å². The summed E-state index contributed by atoms with van der Waals surface area (Å²) in [4.78, 5) is 27.4. The molecule has 30 heavy (non-hydrogen) atoms. The zero-order valence-electron chi connectivity index (χ0n) is 16.8. The number of hydrogen-bond acceptors (Lipinski definition) is 6. The van der Waals surface area contributed by atoms with E-state index in [2.05, 4.69) is 15.6 Å². The Balaban J connectivity index is 0.00000320. The molecule has 1 atom stereocenters. The van der Waals surface area contributed by atoms with Gasteiger partial charge in [-0.2, -0.15) is 0 Å². The van der Waals surface area contributed by atoms with E-state index in [1.165, 1.54) is 25.3 Å². The van der Waals surface area contributed by atoms with Crippen molar-refractivity contribution in [2.75, 3.05) is 19.0 Å². The normalized spacial score (nSPS) is 11.6. The predicted octanol–water partition coefficient (Wildman–Crippen LogP) is -0.777. The third-order valence-corrected chi connectivity index (χ3v) is 4.21. The second-order valence-corrected chi connectivity index (χ2v) is 6.44. The first kappa shape index (κ1) is 24.4. The van der Waals surface area contributed by atoms with Crippen LogP contribution < -0.4 is 67.1 Å². The molecule has 1 heterocycles. The van der Waals surface area contributed by atoms with Crippen LogP contribution >= 0.6 is 0 Å². The third-order valence-electron chi connectivity index (χ3n) is 4.21. The standard InChI is InChI=1S/C20H20FN3O5.K/c1-11-3-6-17-16(9-11)22-18(29-17)12-4-5-14(13(21)10-12)23-20(27)24-15(19(25)26)7-8-28-2;/h3-6,9-10,15H,7-8H2,1-2H3,(H,25,26)(H2,23,24,27);/q;+1/p-1. The molecule has 2 N–H and O–H groups in total. The van der Waals surface area contributed by atoms with Gasteiger partial charge in [-0.3, -0.25) is 0 Å². The summed E-state index contributed by atoms with van der Waals surface area (Å²) in [5.74, 6) is -1.94. The van der Waals surface area contributed by atoms with Crippen molar-refractivity contribution in [2.45, 2.75) is 19.4 Å². The van der Waals surface area contributed by atoms with Crippen molar-refractivity contribution in [2.24, 2.45) is 0 Å². The summed E-state index contributed by atoms with van der Waals surface area (Å²) >= 11 is 0. The van der Waals surface area contributed by atoms with Crippen LogP contribution in [0, 0.1) is 12.7 Å². The topological polar surface area (TPSA) is 117 Å². The first-order chi connectivity index (χ1) is 13.9. The van der Waals surface area contributed by atoms with E-state index < -0.39 is 23.9 Å². The van der Waals surface area contributed by atoms with Crippen molar-refractivity contribution in [3.05, 3.63) is 47.8 Å². The molecule has 10 heteroatoms. The number of halogens is 1. The average Bonchev–Trinajstić information content (AvgIpc) is 3.09. The number of aliphatic carboxylic acids is 1. The van der Waals surface area contributed by atoms with E-state index in [0.717, 1.165) is 5.56 Å². The number of aryl methyl sites for hydroxylation is 1. The summed E-state index contributed by atoms with van der Waals surface area (Å²) in [7, 11) is 1.40. The number of amides is 2. The monoisotopic (exact) mass is 439 g/mol. The van der Waals surface area contributed by atoms with E-state index in [9.17, 15) is 19.1 Å². The molecule has 8 nitrogen and oxygen atoms in total. The number of carbonyl (C=O) groups excluding carboxylic acids is 2. The molecule has 1 unspecified atom stereocenters. The van der Waals surface area contributed by atoms with Crippen LogP contribution in [0.25, 0.3) is 22.6 Å². The summed E-state index contributed by atoms with van der Waals surface area (Å²) in [6, 6.07) is 7.44. The molecule has 0 saturated heterocycles. The fourth-order valence-electron chi connectivity index (χ4n) is 2.71. The van der Waals surface area contributed by atoms with Gasteiger partial charge in [0.1, 0.15) is 11.3 Å². The van der Waals surface area contributed by atoms with Gasteiger partial charge in [0.2, 0.25) is 5.89 Å². The Morgan fingerprint density at radius 3 is 2.70 bits per heavy atom. The van der Waals surface area contributed by atoms with Crippen LogP contribution in [-0.4, -0.2) is 36.7 Å². The maximum absolute atomic E-state index is 14.5. The quantitative estimate of drug-likeness (QED) is 0.467. The van der Waals surface area contributed by atoms with Gasteiger partial charge in [-0.1, -0.05) is 6.07 Å². The molecule has 1 aromatic heterocycles. The van der Waals surface area contributed by atoms with Crippen LogP contribution in [-0.2, 0) is 9.53 Å². The second-order valence-electron chi connectivity index (χ2n) is 6.44. The van der Waals surface area contributed by atoms with Crippen molar-refractivity contribution in [1.82, 2.24) is 10.3 Å². The number of nitrogens with one attached hydrogen (secondary N) is 2. The second kappa shape index (κ2) is 11.0. The minimum absolute atomic E-state index is 0. The number of carboxylic acids is 1. The molecule has 2 amide bonds. The number of rotatable bonds is 7.